The van der Waals surface area contributed by atoms with Gasteiger partial charge < -0.3 is 21.7 Å². The van der Waals surface area contributed by atoms with Gasteiger partial charge in [0.25, 0.3) is 0 Å². The third-order valence-corrected chi connectivity index (χ3v) is 4.77. The van der Waals surface area contributed by atoms with Crippen LogP contribution in [0, 0.1) is 13.8 Å². The van der Waals surface area contributed by atoms with Crippen molar-refractivity contribution in [2.45, 2.75) is 52.6 Å². The number of fused-ring (bicyclic) bond motifs is 1. The molecule has 3 rings (SSSR count). The number of hydrogen-bond donors (Lipinski definition) is 1. The Morgan fingerprint density at radius 1 is 1.23 bits per heavy atom. The van der Waals surface area contributed by atoms with Crippen molar-refractivity contribution < 1.29 is 21.7 Å². The molecule has 1 aliphatic heterocycles. The first kappa shape index (κ1) is 17.0. The van der Waals surface area contributed by atoms with Crippen molar-refractivity contribution in [3.63, 3.8) is 0 Å². The van der Waals surface area contributed by atoms with Crippen molar-refractivity contribution >= 4 is 11.0 Å². The fraction of sp³-hybridized carbons (Fsp3) is 0.500. The Labute approximate surface area is 137 Å². The molecule has 2 unspecified atom stereocenters. The van der Waals surface area contributed by atoms with Crippen molar-refractivity contribution in [2.75, 3.05) is 6.54 Å². The molecule has 0 aliphatic carbocycles. The highest BCUT2D eigenvalue weighted by Crippen LogP contribution is 2.22. The van der Waals surface area contributed by atoms with Crippen molar-refractivity contribution in [2.24, 2.45) is 0 Å². The van der Waals surface area contributed by atoms with Gasteiger partial charge in [-0.2, -0.15) is 0 Å². The van der Waals surface area contributed by atoms with Crippen LogP contribution in [-0.2, 0) is 6.54 Å². The lowest BCUT2D eigenvalue weighted by Gasteiger charge is -2.30. The summed E-state index contributed by atoms with van der Waals surface area (Å²) >= 11 is 0. The van der Waals surface area contributed by atoms with E-state index >= 15 is 0 Å². The molecule has 2 atom stereocenters. The van der Waals surface area contributed by atoms with Crippen molar-refractivity contribution in [1.29, 1.82) is 0 Å². The average molecular weight is 322 g/mol. The molecule has 120 valence electrons. The maximum absolute atomic E-state index is 11.9. The Morgan fingerprint density at radius 3 is 2.73 bits per heavy atom. The van der Waals surface area contributed by atoms with E-state index in [0.717, 1.165) is 28.6 Å². The molecule has 22 heavy (non-hydrogen) atoms. The van der Waals surface area contributed by atoms with Gasteiger partial charge in [0.15, 0.2) is 0 Å². The first-order chi connectivity index (χ1) is 10.0. The number of aryl methyl sites for hydroxylation is 2. The Balaban J connectivity index is 0.00000176. The van der Waals surface area contributed by atoms with Gasteiger partial charge in [-0.25, -0.2) is 4.79 Å². The molecule has 1 saturated heterocycles. The van der Waals surface area contributed by atoms with Gasteiger partial charge in [0.05, 0.1) is 12.6 Å². The predicted octanol–water partition coefficient (Wildman–Crippen LogP) is -0.629. The summed E-state index contributed by atoms with van der Waals surface area (Å²) in [6.07, 6.45) is 3.91. The fourth-order valence-corrected chi connectivity index (χ4v) is 3.67. The number of quaternary nitrogens is 1. The van der Waals surface area contributed by atoms with Gasteiger partial charge >= 0.3 is 5.63 Å². The van der Waals surface area contributed by atoms with Crippen LogP contribution in [0.3, 0.4) is 0 Å². The second kappa shape index (κ2) is 6.84. The molecule has 2 heterocycles. The maximum Gasteiger partial charge on any atom is 0.336 e. The predicted molar refractivity (Wildman–Crippen MR) is 84.8 cm³/mol. The van der Waals surface area contributed by atoms with Crippen LogP contribution in [0.15, 0.2) is 27.4 Å². The van der Waals surface area contributed by atoms with E-state index in [1.54, 1.807) is 11.0 Å². The smallest absolute Gasteiger partial charge is 0.336 e. The van der Waals surface area contributed by atoms with Crippen LogP contribution >= 0.6 is 0 Å². The quantitative estimate of drug-likeness (QED) is 0.748. The normalized spacial score (nSPS) is 21.6. The second-order valence-electron chi connectivity index (χ2n) is 6.53. The summed E-state index contributed by atoms with van der Waals surface area (Å²) in [5.74, 6) is 0. The molecule has 0 saturated carbocycles. The number of rotatable bonds is 2. The molecule has 1 N–H and O–H groups in total. The second-order valence-corrected chi connectivity index (χ2v) is 6.53. The first-order valence-electron chi connectivity index (χ1n) is 7.93. The molecular weight excluding hydrogens is 298 g/mol. The zero-order valence-electron chi connectivity index (χ0n) is 13.5. The lowest BCUT2D eigenvalue weighted by Crippen LogP contribution is -3.14. The monoisotopic (exact) mass is 321 g/mol. The summed E-state index contributed by atoms with van der Waals surface area (Å²) < 4.78 is 5.42. The number of nitrogens with one attached hydrogen (secondary N) is 1. The zero-order valence-corrected chi connectivity index (χ0v) is 14.3. The molecule has 0 bridgehead atoms. The number of piperidine rings is 1. The Bertz CT molecular complexity index is 723. The molecule has 0 spiro atoms. The lowest BCUT2D eigenvalue weighted by molar-refractivity contribution is -0.941. The number of likely N-dealkylation sites (tertiary alicyclic amines) is 1. The standard InChI is InChI=1S/C18H23NO2.ClH/c1-12-8-13(2)18-15(10-17(20)21-16(18)9-12)11-19-7-5-4-6-14(19)3;/h8-10,14H,4-7,11H2,1-3H3;1H. The Kier molecular flexibility index (Phi) is 5.30. The molecule has 4 heteroatoms. The van der Waals surface area contributed by atoms with E-state index < -0.39 is 0 Å². The number of halogens is 1. The average Bonchev–Trinajstić information content (AvgIpc) is 2.40. The molecule has 3 nitrogen and oxygen atoms in total. The van der Waals surface area contributed by atoms with Gasteiger partial charge in [-0.1, -0.05) is 6.07 Å². The van der Waals surface area contributed by atoms with Crippen LogP contribution in [0.4, 0.5) is 0 Å². The number of benzene rings is 1. The largest absolute Gasteiger partial charge is 1.00 e. The van der Waals surface area contributed by atoms with Gasteiger partial charge in [0.1, 0.15) is 12.1 Å². The van der Waals surface area contributed by atoms with E-state index in [0.29, 0.717) is 6.04 Å². The minimum Gasteiger partial charge on any atom is -1.00 e. The molecule has 0 amide bonds. The summed E-state index contributed by atoms with van der Waals surface area (Å²) in [7, 11) is 0. The molecule has 0 radical (unpaired) electrons. The third-order valence-electron chi connectivity index (χ3n) is 4.77. The highest BCUT2D eigenvalue weighted by molar-refractivity contribution is 5.84. The molecule has 1 aromatic heterocycles. The maximum atomic E-state index is 11.9. The van der Waals surface area contributed by atoms with E-state index in [4.69, 9.17) is 4.42 Å². The minimum atomic E-state index is -0.230. The fourth-order valence-electron chi connectivity index (χ4n) is 3.67. The van der Waals surface area contributed by atoms with E-state index in [-0.39, 0.29) is 18.0 Å². The molecular formula is C18H24ClNO2. The van der Waals surface area contributed by atoms with Gasteiger partial charge in [-0.3, -0.25) is 0 Å². The first-order valence-corrected chi connectivity index (χ1v) is 7.93. The Hall–Kier alpha value is -1.32. The van der Waals surface area contributed by atoms with Crippen LogP contribution in [-0.4, -0.2) is 12.6 Å². The van der Waals surface area contributed by atoms with E-state index in [1.807, 2.05) is 13.0 Å². The summed E-state index contributed by atoms with van der Waals surface area (Å²) in [6.45, 7) is 8.59. The lowest BCUT2D eigenvalue weighted by atomic mass is 9.99. The van der Waals surface area contributed by atoms with Crippen LogP contribution < -0.4 is 22.9 Å². The Morgan fingerprint density at radius 2 is 2.00 bits per heavy atom. The van der Waals surface area contributed by atoms with E-state index in [2.05, 4.69) is 19.9 Å². The van der Waals surface area contributed by atoms with Gasteiger partial charge in [0.2, 0.25) is 0 Å². The number of hydrogen-bond acceptors (Lipinski definition) is 2. The van der Waals surface area contributed by atoms with Crippen LogP contribution in [0.2, 0.25) is 0 Å². The third kappa shape index (κ3) is 3.36. The summed E-state index contributed by atoms with van der Waals surface area (Å²) in [5, 5.41) is 1.13. The van der Waals surface area contributed by atoms with Crippen molar-refractivity contribution in [3.8, 4) is 0 Å². The molecule has 1 aromatic carbocycles. The van der Waals surface area contributed by atoms with Gasteiger partial charge in [-0.15, -0.1) is 0 Å². The molecule has 2 aromatic rings. The summed E-state index contributed by atoms with van der Waals surface area (Å²) in [5.41, 5.74) is 3.99. The SMILES string of the molecule is Cc1cc(C)c2c(C[NH+]3CCCCC3C)cc(=O)oc2c1.[Cl-]. The molecule has 1 fully saturated rings. The van der Waals surface area contributed by atoms with Crippen LogP contribution in [0.1, 0.15) is 42.9 Å². The van der Waals surface area contributed by atoms with Crippen LogP contribution in [0.25, 0.3) is 11.0 Å². The van der Waals surface area contributed by atoms with E-state index in [1.165, 1.54) is 31.4 Å². The van der Waals surface area contributed by atoms with Crippen molar-refractivity contribution in [1.82, 2.24) is 0 Å². The van der Waals surface area contributed by atoms with Crippen molar-refractivity contribution in [3.05, 3.63) is 45.3 Å². The summed E-state index contributed by atoms with van der Waals surface area (Å²) in [6, 6.07) is 6.51. The topological polar surface area (TPSA) is 34.7 Å². The highest BCUT2D eigenvalue weighted by Gasteiger charge is 2.23. The van der Waals surface area contributed by atoms with Gasteiger partial charge in [-0.05, 0) is 57.2 Å². The minimum absolute atomic E-state index is 0. The summed E-state index contributed by atoms with van der Waals surface area (Å²) in [4.78, 5) is 13.5. The van der Waals surface area contributed by atoms with Gasteiger partial charge in [0, 0.05) is 17.0 Å². The molecule has 1 aliphatic rings. The van der Waals surface area contributed by atoms with Crippen LogP contribution in [0.5, 0.6) is 0 Å². The highest BCUT2D eigenvalue weighted by atomic mass is 35.5. The zero-order chi connectivity index (χ0) is 15.0. The van der Waals surface area contributed by atoms with E-state index in [9.17, 15) is 4.79 Å².